The van der Waals surface area contributed by atoms with Crippen molar-refractivity contribution in [3.05, 3.63) is 36.2 Å². The Morgan fingerprint density at radius 2 is 1.81 bits per heavy atom. The summed E-state index contributed by atoms with van der Waals surface area (Å²) in [6.07, 6.45) is 4.57. The van der Waals surface area contributed by atoms with Crippen molar-refractivity contribution in [3.63, 3.8) is 0 Å². The highest BCUT2D eigenvalue weighted by atomic mass is 32.2. The fourth-order valence-corrected chi connectivity index (χ4v) is 3.57. The number of rotatable bonds is 10. The predicted octanol–water partition coefficient (Wildman–Crippen LogP) is 3.04. The number of hydrogen-bond acceptors (Lipinski definition) is 5. The van der Waals surface area contributed by atoms with Gasteiger partial charge in [-0.15, -0.1) is 0 Å². The molecule has 0 aliphatic rings. The van der Waals surface area contributed by atoms with Crippen molar-refractivity contribution < 1.29 is 17.9 Å². The maximum absolute atomic E-state index is 12.5. The Labute approximate surface area is 155 Å². The van der Waals surface area contributed by atoms with E-state index in [0.717, 1.165) is 18.4 Å². The zero-order valence-electron chi connectivity index (χ0n) is 15.7. The quantitative estimate of drug-likeness (QED) is 0.684. The summed E-state index contributed by atoms with van der Waals surface area (Å²) >= 11 is 0. The molecule has 1 heterocycles. The van der Waals surface area contributed by atoms with Crippen molar-refractivity contribution in [1.29, 1.82) is 0 Å². The minimum absolute atomic E-state index is 0.136. The molecule has 0 aliphatic carbocycles. The third-order valence-corrected chi connectivity index (χ3v) is 5.21. The van der Waals surface area contributed by atoms with Gasteiger partial charge in [-0.25, -0.2) is 13.1 Å². The van der Waals surface area contributed by atoms with Crippen LogP contribution in [0.3, 0.4) is 0 Å². The highest BCUT2D eigenvalue weighted by Crippen LogP contribution is 2.31. The van der Waals surface area contributed by atoms with Crippen LogP contribution in [0.15, 0.2) is 35.5 Å². The van der Waals surface area contributed by atoms with Gasteiger partial charge < -0.3 is 9.47 Å². The summed E-state index contributed by atoms with van der Waals surface area (Å²) in [5, 5.41) is 3.91. The molecule has 1 atom stereocenters. The smallest absolute Gasteiger partial charge is 0.244 e. The lowest BCUT2D eigenvalue weighted by Gasteiger charge is -2.17. The van der Waals surface area contributed by atoms with Crippen LogP contribution >= 0.6 is 0 Å². The third-order valence-electron chi connectivity index (χ3n) is 3.71. The molecule has 0 amide bonds. The molecule has 0 saturated heterocycles. The average molecular weight is 381 g/mol. The number of nitrogens with one attached hydrogen (secondary N) is 1. The van der Waals surface area contributed by atoms with Gasteiger partial charge in [0.05, 0.1) is 19.4 Å². The van der Waals surface area contributed by atoms with Crippen LogP contribution in [0.25, 0.3) is 0 Å². The minimum atomic E-state index is -3.65. The van der Waals surface area contributed by atoms with Crippen LogP contribution in [-0.2, 0) is 17.1 Å². The molecular weight excluding hydrogens is 354 g/mol. The molecule has 1 N–H and O–H groups in total. The van der Waals surface area contributed by atoms with Crippen molar-refractivity contribution >= 4 is 10.0 Å². The van der Waals surface area contributed by atoms with E-state index in [-0.39, 0.29) is 4.90 Å². The Balaban J connectivity index is 2.20. The highest BCUT2D eigenvalue weighted by Gasteiger charge is 2.21. The maximum atomic E-state index is 12.5. The molecule has 0 radical (unpaired) electrons. The number of ether oxygens (including phenoxy) is 2. The minimum Gasteiger partial charge on any atom is -0.490 e. The fourth-order valence-electron chi connectivity index (χ4n) is 2.36. The van der Waals surface area contributed by atoms with Gasteiger partial charge in [0.25, 0.3) is 0 Å². The highest BCUT2D eigenvalue weighted by molar-refractivity contribution is 7.89. The lowest BCUT2D eigenvalue weighted by Crippen LogP contribution is -2.26. The molecule has 7 nitrogen and oxygen atoms in total. The van der Waals surface area contributed by atoms with Crippen LogP contribution in [0.5, 0.6) is 11.5 Å². The van der Waals surface area contributed by atoms with Gasteiger partial charge in [-0.3, -0.25) is 4.68 Å². The second kappa shape index (κ2) is 9.05. The van der Waals surface area contributed by atoms with Crippen LogP contribution in [0.1, 0.15) is 45.2 Å². The number of hydrogen-bond donors (Lipinski definition) is 1. The van der Waals surface area contributed by atoms with Crippen molar-refractivity contribution in [2.24, 2.45) is 7.05 Å². The average Bonchev–Trinajstić information content (AvgIpc) is 3.05. The van der Waals surface area contributed by atoms with E-state index in [4.69, 9.17) is 9.47 Å². The van der Waals surface area contributed by atoms with E-state index in [2.05, 4.69) is 9.82 Å². The monoisotopic (exact) mass is 381 g/mol. The van der Waals surface area contributed by atoms with E-state index in [1.807, 2.05) is 32.0 Å². The summed E-state index contributed by atoms with van der Waals surface area (Å²) in [5.41, 5.74) is 0.799. The van der Waals surface area contributed by atoms with Crippen molar-refractivity contribution in [2.75, 3.05) is 13.2 Å². The zero-order valence-corrected chi connectivity index (χ0v) is 16.5. The lowest BCUT2D eigenvalue weighted by molar-refractivity contribution is 0.268. The van der Waals surface area contributed by atoms with Gasteiger partial charge in [-0.2, -0.15) is 5.10 Å². The first kappa shape index (κ1) is 20.3. The molecule has 0 saturated carbocycles. The van der Waals surface area contributed by atoms with Crippen LogP contribution in [0.2, 0.25) is 0 Å². The van der Waals surface area contributed by atoms with Gasteiger partial charge in [-0.05, 0) is 37.5 Å². The van der Waals surface area contributed by atoms with E-state index in [0.29, 0.717) is 24.7 Å². The van der Waals surface area contributed by atoms with Gasteiger partial charge in [0.1, 0.15) is 4.90 Å². The number of benzene rings is 1. The second-order valence-corrected chi connectivity index (χ2v) is 7.81. The van der Waals surface area contributed by atoms with Crippen molar-refractivity contribution in [1.82, 2.24) is 14.5 Å². The lowest BCUT2D eigenvalue weighted by atomic mass is 10.1. The largest absolute Gasteiger partial charge is 0.490 e. The Hall–Kier alpha value is -2.06. The van der Waals surface area contributed by atoms with Gasteiger partial charge in [0.2, 0.25) is 10.0 Å². The summed E-state index contributed by atoms with van der Waals surface area (Å²) in [6, 6.07) is 5.08. The summed E-state index contributed by atoms with van der Waals surface area (Å²) in [4.78, 5) is 0.136. The second-order valence-electron chi connectivity index (χ2n) is 6.10. The van der Waals surface area contributed by atoms with Crippen molar-refractivity contribution in [3.8, 4) is 11.5 Å². The number of aromatic nitrogens is 2. The SMILES string of the molecule is CCCOc1ccc(C(C)NS(=O)(=O)c2cnn(C)c2)cc1OCCC. The standard InChI is InChI=1S/C18H27N3O4S/c1-5-9-24-17-8-7-15(11-18(17)25-10-6-2)14(3)20-26(22,23)16-12-19-21(4)13-16/h7-8,11-14,20H,5-6,9-10H2,1-4H3. The predicted molar refractivity (Wildman–Crippen MR) is 100.0 cm³/mol. The topological polar surface area (TPSA) is 82.5 Å². The summed E-state index contributed by atoms with van der Waals surface area (Å²) in [5.74, 6) is 1.30. The molecule has 1 unspecified atom stereocenters. The molecule has 26 heavy (non-hydrogen) atoms. The summed E-state index contributed by atoms with van der Waals surface area (Å²) in [7, 11) is -1.97. The Kier molecular flexibility index (Phi) is 7.05. The molecule has 0 bridgehead atoms. The summed E-state index contributed by atoms with van der Waals surface area (Å²) < 4.78 is 40.6. The van der Waals surface area contributed by atoms with E-state index < -0.39 is 16.1 Å². The van der Waals surface area contributed by atoms with Crippen LogP contribution in [0, 0.1) is 0 Å². The first-order valence-corrected chi connectivity index (χ1v) is 10.3. The molecule has 144 valence electrons. The third kappa shape index (κ3) is 5.22. The van der Waals surface area contributed by atoms with E-state index in [1.54, 1.807) is 14.0 Å². The molecule has 8 heteroatoms. The van der Waals surface area contributed by atoms with Gasteiger partial charge >= 0.3 is 0 Å². The first-order valence-electron chi connectivity index (χ1n) is 8.78. The zero-order chi connectivity index (χ0) is 19.2. The van der Waals surface area contributed by atoms with E-state index >= 15 is 0 Å². The van der Waals surface area contributed by atoms with E-state index in [9.17, 15) is 8.42 Å². The van der Waals surface area contributed by atoms with Gasteiger partial charge in [0.15, 0.2) is 11.5 Å². The molecule has 0 fully saturated rings. The Bertz CT molecular complexity index is 818. The number of sulfonamides is 1. The van der Waals surface area contributed by atoms with Gasteiger partial charge in [-0.1, -0.05) is 19.9 Å². The number of aryl methyl sites for hydroxylation is 1. The normalized spacial score (nSPS) is 12.8. The molecule has 1 aromatic carbocycles. The Morgan fingerprint density at radius 3 is 2.38 bits per heavy atom. The van der Waals surface area contributed by atoms with Crippen LogP contribution in [0.4, 0.5) is 0 Å². The van der Waals surface area contributed by atoms with Crippen molar-refractivity contribution in [2.45, 2.75) is 44.6 Å². The maximum Gasteiger partial charge on any atom is 0.244 e. The first-order chi connectivity index (χ1) is 12.4. The Morgan fingerprint density at radius 1 is 1.15 bits per heavy atom. The van der Waals surface area contributed by atoms with E-state index in [1.165, 1.54) is 17.1 Å². The van der Waals surface area contributed by atoms with Crippen LogP contribution < -0.4 is 14.2 Å². The molecule has 0 spiro atoms. The molecule has 0 aliphatic heterocycles. The fraction of sp³-hybridized carbons (Fsp3) is 0.500. The summed E-state index contributed by atoms with van der Waals surface area (Å²) in [6.45, 7) is 7.03. The molecular formula is C18H27N3O4S. The molecule has 1 aromatic heterocycles. The molecule has 2 aromatic rings. The number of nitrogens with zero attached hydrogens (tertiary/aromatic N) is 2. The van der Waals surface area contributed by atoms with Gasteiger partial charge in [0, 0.05) is 19.3 Å². The molecule has 2 rings (SSSR count). The van der Waals surface area contributed by atoms with Crippen LogP contribution in [-0.4, -0.2) is 31.4 Å².